The molecule has 4 rings (SSSR count). The van der Waals surface area contributed by atoms with Crippen LogP contribution in [-0.2, 0) is 10.3 Å². The van der Waals surface area contributed by atoms with Crippen LogP contribution in [0.5, 0.6) is 0 Å². The van der Waals surface area contributed by atoms with Gasteiger partial charge in [0.05, 0.1) is 12.1 Å². The van der Waals surface area contributed by atoms with E-state index >= 15 is 0 Å². The van der Waals surface area contributed by atoms with E-state index in [2.05, 4.69) is 0 Å². The summed E-state index contributed by atoms with van der Waals surface area (Å²) in [4.78, 5) is 15.2. The van der Waals surface area contributed by atoms with Crippen LogP contribution in [-0.4, -0.2) is 27.7 Å². The molecule has 1 fully saturated rings. The molecule has 5 heteroatoms. The van der Waals surface area contributed by atoms with Crippen LogP contribution in [0, 0.1) is 5.82 Å². The molecule has 0 bridgehead atoms. The second kappa shape index (κ2) is 8.99. The average Bonchev–Trinajstić information content (AvgIpc) is 3.25. The topological polar surface area (TPSA) is 49.8 Å². The number of aliphatic hydroxyl groups is 1. The largest absolute Gasteiger partial charge is 0.444 e. The molecule has 2 atom stereocenters. The Morgan fingerprint density at radius 2 is 1.39 bits per heavy atom. The SMILES string of the molecule is CC(C)(C)OC(=O)N1C(c2ccc(F)cc2)CC[C@H]1C(O)(c1ccccc1)c1ccccc1. The standard InChI is InChI=1S/C28H30FNO3/c1-27(2,3)33-26(31)30-24(20-14-16-23(29)17-15-20)18-19-25(30)28(32,21-10-6-4-7-11-21)22-12-8-5-9-13-22/h4-17,24-25,32H,18-19H2,1-3H3/t24?,25-/m0/s1. The highest BCUT2D eigenvalue weighted by Gasteiger charge is 2.51. The minimum absolute atomic E-state index is 0.331. The van der Waals surface area contributed by atoms with Crippen molar-refractivity contribution in [1.29, 1.82) is 0 Å². The summed E-state index contributed by atoms with van der Waals surface area (Å²) < 4.78 is 19.4. The lowest BCUT2D eigenvalue weighted by Gasteiger charge is -2.42. The third-order valence-electron chi connectivity index (χ3n) is 6.15. The average molecular weight is 448 g/mol. The minimum Gasteiger partial charge on any atom is -0.444 e. The Labute approximate surface area is 194 Å². The fourth-order valence-electron chi connectivity index (χ4n) is 4.74. The number of halogens is 1. The van der Waals surface area contributed by atoms with Gasteiger partial charge in [-0.05, 0) is 62.4 Å². The van der Waals surface area contributed by atoms with E-state index in [9.17, 15) is 14.3 Å². The highest BCUT2D eigenvalue weighted by atomic mass is 19.1. The predicted molar refractivity (Wildman–Crippen MR) is 126 cm³/mol. The molecule has 0 radical (unpaired) electrons. The van der Waals surface area contributed by atoms with Gasteiger partial charge in [-0.3, -0.25) is 4.90 Å². The van der Waals surface area contributed by atoms with Crippen LogP contribution in [0.25, 0.3) is 0 Å². The van der Waals surface area contributed by atoms with Crippen molar-refractivity contribution in [2.75, 3.05) is 0 Å². The lowest BCUT2D eigenvalue weighted by molar-refractivity contribution is -0.0340. The van der Waals surface area contributed by atoms with Crippen molar-refractivity contribution in [1.82, 2.24) is 4.90 Å². The molecular weight excluding hydrogens is 417 g/mol. The number of carbonyl (C=O) groups excluding carboxylic acids is 1. The minimum atomic E-state index is -1.45. The monoisotopic (exact) mass is 447 g/mol. The summed E-state index contributed by atoms with van der Waals surface area (Å²) in [6, 6.07) is 24.1. The van der Waals surface area contributed by atoms with Gasteiger partial charge in [0.25, 0.3) is 0 Å². The van der Waals surface area contributed by atoms with Gasteiger partial charge in [-0.2, -0.15) is 0 Å². The maximum atomic E-state index is 13.6. The van der Waals surface area contributed by atoms with Crippen molar-refractivity contribution < 1.29 is 19.0 Å². The Hall–Kier alpha value is -3.18. The van der Waals surface area contributed by atoms with Crippen LogP contribution in [0.2, 0.25) is 0 Å². The first-order valence-electron chi connectivity index (χ1n) is 11.3. The molecule has 3 aromatic carbocycles. The summed E-state index contributed by atoms with van der Waals surface area (Å²) in [6.45, 7) is 5.47. The number of carbonyl (C=O) groups is 1. The van der Waals surface area contributed by atoms with Crippen molar-refractivity contribution in [3.63, 3.8) is 0 Å². The molecule has 1 heterocycles. The number of rotatable bonds is 4. The molecule has 172 valence electrons. The normalized spacial score (nSPS) is 18.9. The van der Waals surface area contributed by atoms with E-state index in [1.165, 1.54) is 12.1 Å². The predicted octanol–water partition coefficient (Wildman–Crippen LogP) is 6.20. The molecule has 1 amide bonds. The summed E-state index contributed by atoms with van der Waals surface area (Å²) in [7, 11) is 0. The van der Waals surface area contributed by atoms with Gasteiger partial charge in [0.15, 0.2) is 0 Å². The van der Waals surface area contributed by atoms with Gasteiger partial charge in [0.2, 0.25) is 0 Å². The maximum Gasteiger partial charge on any atom is 0.411 e. The van der Waals surface area contributed by atoms with E-state index in [0.717, 1.165) is 5.56 Å². The quantitative estimate of drug-likeness (QED) is 0.518. The number of hydrogen-bond acceptors (Lipinski definition) is 3. The van der Waals surface area contributed by atoms with Crippen LogP contribution in [0.4, 0.5) is 9.18 Å². The van der Waals surface area contributed by atoms with Crippen LogP contribution < -0.4 is 0 Å². The van der Waals surface area contributed by atoms with Crippen molar-refractivity contribution in [3.05, 3.63) is 107 Å². The van der Waals surface area contributed by atoms with Gasteiger partial charge in [0.1, 0.15) is 17.0 Å². The zero-order chi connectivity index (χ0) is 23.6. The van der Waals surface area contributed by atoms with E-state index in [1.807, 2.05) is 81.4 Å². The van der Waals surface area contributed by atoms with Crippen molar-refractivity contribution in [3.8, 4) is 0 Å². The number of ether oxygens (including phenoxy) is 1. The molecule has 0 aliphatic carbocycles. The van der Waals surface area contributed by atoms with Crippen LogP contribution in [0.3, 0.4) is 0 Å². The first-order valence-corrected chi connectivity index (χ1v) is 11.3. The molecular formula is C28H30FNO3. The van der Waals surface area contributed by atoms with E-state index in [0.29, 0.717) is 24.0 Å². The molecule has 1 unspecified atom stereocenters. The Morgan fingerprint density at radius 1 is 0.879 bits per heavy atom. The van der Waals surface area contributed by atoms with E-state index in [-0.39, 0.29) is 11.9 Å². The zero-order valence-electron chi connectivity index (χ0n) is 19.2. The second-order valence-electron chi connectivity index (χ2n) is 9.55. The number of benzene rings is 3. The molecule has 1 saturated heterocycles. The lowest BCUT2D eigenvalue weighted by Crippen LogP contribution is -2.52. The number of amides is 1. The molecule has 4 nitrogen and oxygen atoms in total. The molecule has 1 N–H and O–H groups in total. The summed E-state index contributed by atoms with van der Waals surface area (Å²) >= 11 is 0. The van der Waals surface area contributed by atoms with Crippen LogP contribution in [0.1, 0.15) is 56.3 Å². The first-order chi connectivity index (χ1) is 15.7. The zero-order valence-corrected chi connectivity index (χ0v) is 19.2. The summed E-state index contributed by atoms with van der Waals surface area (Å²) in [6.07, 6.45) is 0.684. The molecule has 33 heavy (non-hydrogen) atoms. The Balaban J connectivity index is 1.84. The van der Waals surface area contributed by atoms with E-state index < -0.39 is 23.3 Å². The Kier molecular flexibility index (Phi) is 6.26. The van der Waals surface area contributed by atoms with E-state index in [4.69, 9.17) is 4.74 Å². The maximum absolute atomic E-state index is 13.6. The first kappa shape index (κ1) is 23.0. The fraction of sp³-hybridized carbons (Fsp3) is 0.321. The number of likely N-dealkylation sites (tertiary alicyclic amines) is 1. The smallest absolute Gasteiger partial charge is 0.411 e. The third kappa shape index (κ3) is 4.64. The Bertz CT molecular complexity index is 1040. The van der Waals surface area contributed by atoms with Crippen molar-refractivity contribution in [2.45, 2.75) is 56.9 Å². The molecule has 1 aliphatic rings. The Morgan fingerprint density at radius 3 is 1.88 bits per heavy atom. The lowest BCUT2D eigenvalue weighted by atomic mass is 9.79. The number of hydrogen-bond donors (Lipinski definition) is 1. The van der Waals surface area contributed by atoms with Gasteiger partial charge >= 0.3 is 6.09 Å². The summed E-state index contributed by atoms with van der Waals surface area (Å²) in [5.74, 6) is -0.331. The summed E-state index contributed by atoms with van der Waals surface area (Å²) in [5, 5.41) is 12.4. The third-order valence-corrected chi connectivity index (χ3v) is 6.15. The van der Waals surface area contributed by atoms with Crippen molar-refractivity contribution in [2.24, 2.45) is 0 Å². The van der Waals surface area contributed by atoms with Gasteiger partial charge in [-0.1, -0.05) is 72.8 Å². The van der Waals surface area contributed by atoms with Gasteiger partial charge in [0, 0.05) is 0 Å². The highest BCUT2D eigenvalue weighted by molar-refractivity contribution is 5.70. The number of nitrogens with zero attached hydrogens (tertiary/aromatic N) is 1. The highest BCUT2D eigenvalue weighted by Crippen LogP contribution is 2.47. The molecule has 0 aromatic heterocycles. The van der Waals surface area contributed by atoms with Gasteiger partial charge in [-0.25, -0.2) is 9.18 Å². The van der Waals surface area contributed by atoms with Crippen LogP contribution in [0.15, 0.2) is 84.9 Å². The molecule has 1 aliphatic heterocycles. The molecule has 0 saturated carbocycles. The van der Waals surface area contributed by atoms with E-state index in [1.54, 1.807) is 17.0 Å². The molecule has 3 aromatic rings. The fourth-order valence-corrected chi connectivity index (χ4v) is 4.74. The summed E-state index contributed by atoms with van der Waals surface area (Å²) in [5.41, 5.74) is 0.0703. The molecule has 0 spiro atoms. The van der Waals surface area contributed by atoms with Gasteiger partial charge < -0.3 is 9.84 Å². The van der Waals surface area contributed by atoms with Crippen molar-refractivity contribution >= 4 is 6.09 Å². The van der Waals surface area contributed by atoms with Crippen LogP contribution >= 0.6 is 0 Å². The van der Waals surface area contributed by atoms with Gasteiger partial charge in [-0.15, -0.1) is 0 Å². The second-order valence-corrected chi connectivity index (χ2v) is 9.55.